The van der Waals surface area contributed by atoms with Gasteiger partial charge in [0.05, 0.1) is 23.0 Å². The van der Waals surface area contributed by atoms with Gasteiger partial charge in [-0.2, -0.15) is 5.10 Å². The molecule has 34 heavy (non-hydrogen) atoms. The molecule has 3 rings (SSSR count). The summed E-state index contributed by atoms with van der Waals surface area (Å²) in [5.74, 6) is 1.74. The zero-order valence-electron chi connectivity index (χ0n) is 19.0. The summed E-state index contributed by atoms with van der Waals surface area (Å²) in [7, 11) is 0. The van der Waals surface area contributed by atoms with Crippen LogP contribution in [0, 0.1) is 3.57 Å². The van der Waals surface area contributed by atoms with Gasteiger partial charge in [-0.3, -0.25) is 4.79 Å². The van der Waals surface area contributed by atoms with Gasteiger partial charge in [0, 0.05) is 10.0 Å². The number of nitrogens with zero attached hydrogens (tertiary/aromatic N) is 1. The molecule has 0 aromatic heterocycles. The molecule has 0 aliphatic heterocycles. The molecule has 0 aliphatic rings. The maximum Gasteiger partial charge on any atom is 0.271 e. The van der Waals surface area contributed by atoms with Crippen LogP contribution < -0.4 is 19.6 Å². The fraction of sp³-hybridized carbons (Fsp3) is 0.231. The number of halogens is 2. The van der Waals surface area contributed by atoms with E-state index in [2.05, 4.69) is 49.0 Å². The first-order chi connectivity index (χ1) is 16.5. The molecule has 1 N–H and O–H groups in total. The first-order valence-electron chi connectivity index (χ1n) is 10.9. The highest BCUT2D eigenvalue weighted by atomic mass is 127. The molecule has 0 saturated heterocycles. The molecule has 1 amide bonds. The summed E-state index contributed by atoms with van der Waals surface area (Å²) in [4.78, 5) is 12.4. The van der Waals surface area contributed by atoms with Crippen molar-refractivity contribution in [2.24, 2.45) is 5.10 Å². The Labute approximate surface area is 222 Å². The minimum atomic E-state index is -0.299. The van der Waals surface area contributed by atoms with Gasteiger partial charge in [0.2, 0.25) is 0 Å². The molecule has 178 valence electrons. The van der Waals surface area contributed by atoms with Gasteiger partial charge in [0.1, 0.15) is 12.4 Å². The molecule has 3 aromatic rings. The van der Waals surface area contributed by atoms with Crippen LogP contribution in [0.4, 0.5) is 0 Å². The van der Waals surface area contributed by atoms with E-state index in [1.807, 2.05) is 50.2 Å². The quantitative estimate of drug-likeness (QED) is 0.147. The van der Waals surface area contributed by atoms with Gasteiger partial charge < -0.3 is 14.2 Å². The second-order valence-corrected chi connectivity index (χ2v) is 9.33. The summed E-state index contributed by atoms with van der Waals surface area (Å²) in [6, 6.07) is 18.7. The lowest BCUT2D eigenvalue weighted by molar-refractivity contribution is 0.0955. The van der Waals surface area contributed by atoms with E-state index in [0.717, 1.165) is 31.3 Å². The maximum atomic E-state index is 12.4. The van der Waals surface area contributed by atoms with E-state index in [1.165, 1.54) is 0 Å². The molecule has 8 heteroatoms. The van der Waals surface area contributed by atoms with Gasteiger partial charge in [-0.25, -0.2) is 5.43 Å². The molecule has 0 radical (unpaired) electrons. The average Bonchev–Trinajstić information content (AvgIpc) is 2.84. The lowest BCUT2D eigenvalue weighted by atomic mass is 10.2. The SMILES string of the molecule is CCCOc1ccc(C(=O)N/N=C\c2cc(I)c(OCc3ccc(Br)cc3)c(OCC)c2)cc1. The molecule has 0 unspecified atom stereocenters. The van der Waals surface area contributed by atoms with Crippen LogP contribution in [0.5, 0.6) is 17.2 Å². The Hall–Kier alpha value is -2.59. The van der Waals surface area contributed by atoms with E-state index in [9.17, 15) is 4.79 Å². The van der Waals surface area contributed by atoms with Crippen LogP contribution in [-0.4, -0.2) is 25.3 Å². The van der Waals surface area contributed by atoms with Gasteiger partial charge in [-0.15, -0.1) is 0 Å². The van der Waals surface area contributed by atoms with E-state index in [0.29, 0.717) is 36.9 Å². The third kappa shape index (κ3) is 7.73. The zero-order valence-corrected chi connectivity index (χ0v) is 22.8. The highest BCUT2D eigenvalue weighted by Gasteiger charge is 2.12. The molecule has 0 heterocycles. The Bertz CT molecular complexity index is 1120. The first kappa shape index (κ1) is 26.0. The van der Waals surface area contributed by atoms with Crippen molar-refractivity contribution in [3.05, 3.63) is 85.4 Å². The van der Waals surface area contributed by atoms with Crippen LogP contribution in [0.1, 0.15) is 41.8 Å². The fourth-order valence-electron chi connectivity index (χ4n) is 2.95. The number of rotatable bonds is 11. The van der Waals surface area contributed by atoms with Crippen LogP contribution in [0.25, 0.3) is 0 Å². The van der Waals surface area contributed by atoms with Crippen LogP contribution >= 0.6 is 38.5 Å². The van der Waals surface area contributed by atoms with Crippen LogP contribution in [-0.2, 0) is 6.61 Å². The zero-order chi connectivity index (χ0) is 24.3. The number of hydrogen-bond acceptors (Lipinski definition) is 5. The van der Waals surface area contributed by atoms with Gasteiger partial charge in [0.15, 0.2) is 11.5 Å². The molecule has 0 fully saturated rings. The molecule has 0 saturated carbocycles. The Morgan fingerprint density at radius 1 is 1.03 bits per heavy atom. The predicted molar refractivity (Wildman–Crippen MR) is 146 cm³/mol. The number of nitrogens with one attached hydrogen (secondary N) is 1. The Morgan fingerprint density at radius 2 is 1.76 bits per heavy atom. The van der Waals surface area contributed by atoms with Crippen molar-refractivity contribution in [2.45, 2.75) is 26.9 Å². The van der Waals surface area contributed by atoms with Crippen molar-refractivity contribution in [3.63, 3.8) is 0 Å². The number of hydrogen-bond donors (Lipinski definition) is 1. The minimum Gasteiger partial charge on any atom is -0.494 e. The smallest absolute Gasteiger partial charge is 0.271 e. The first-order valence-corrected chi connectivity index (χ1v) is 12.8. The lowest BCUT2D eigenvalue weighted by Crippen LogP contribution is -2.17. The standard InChI is InChI=1S/C26H26BrIN2O4/c1-3-13-33-22-11-7-20(8-12-22)26(31)30-29-16-19-14-23(28)25(24(15-19)32-4-2)34-17-18-5-9-21(27)10-6-18/h5-12,14-16H,3-4,13,17H2,1-2H3,(H,30,31)/b29-16-. The van der Waals surface area contributed by atoms with Gasteiger partial charge in [0.25, 0.3) is 5.91 Å². The second-order valence-electron chi connectivity index (χ2n) is 7.25. The normalized spacial score (nSPS) is 10.8. The monoisotopic (exact) mass is 636 g/mol. The molecule has 0 aliphatic carbocycles. The molecule has 0 spiro atoms. The molecule has 6 nitrogen and oxygen atoms in total. The van der Waals surface area contributed by atoms with Crippen molar-refractivity contribution in [3.8, 4) is 17.2 Å². The van der Waals surface area contributed by atoms with Gasteiger partial charge in [-0.05, 0) is 95.6 Å². The largest absolute Gasteiger partial charge is 0.494 e. The van der Waals surface area contributed by atoms with Crippen molar-refractivity contribution in [1.29, 1.82) is 0 Å². The van der Waals surface area contributed by atoms with E-state index >= 15 is 0 Å². The number of amides is 1. The highest BCUT2D eigenvalue weighted by Crippen LogP contribution is 2.34. The summed E-state index contributed by atoms with van der Waals surface area (Å²) in [6.45, 7) is 5.54. The summed E-state index contributed by atoms with van der Waals surface area (Å²) >= 11 is 5.65. The predicted octanol–water partition coefficient (Wildman–Crippen LogP) is 6.58. The van der Waals surface area contributed by atoms with Gasteiger partial charge in [-0.1, -0.05) is 35.0 Å². The van der Waals surface area contributed by atoms with E-state index < -0.39 is 0 Å². The Kier molecular flexibility index (Phi) is 10.2. The van der Waals surface area contributed by atoms with E-state index in [1.54, 1.807) is 30.5 Å². The van der Waals surface area contributed by atoms with Crippen molar-refractivity contribution >= 4 is 50.6 Å². The average molecular weight is 637 g/mol. The molecular weight excluding hydrogens is 611 g/mol. The third-order valence-electron chi connectivity index (χ3n) is 4.60. The number of carbonyl (C=O) groups excluding carboxylic acids is 1. The Balaban J connectivity index is 1.65. The third-order valence-corrected chi connectivity index (χ3v) is 5.93. The number of benzene rings is 3. The lowest BCUT2D eigenvalue weighted by Gasteiger charge is -2.15. The van der Waals surface area contributed by atoms with E-state index in [4.69, 9.17) is 14.2 Å². The van der Waals surface area contributed by atoms with Crippen molar-refractivity contribution in [1.82, 2.24) is 5.43 Å². The summed E-state index contributed by atoms with van der Waals surface area (Å²) in [6.07, 6.45) is 2.51. The summed E-state index contributed by atoms with van der Waals surface area (Å²) in [5, 5.41) is 4.10. The molecule has 0 bridgehead atoms. The molecule has 3 aromatic carbocycles. The molecular formula is C26H26BrIN2O4. The van der Waals surface area contributed by atoms with E-state index in [-0.39, 0.29) is 5.91 Å². The maximum absolute atomic E-state index is 12.4. The molecule has 0 atom stereocenters. The number of hydrazone groups is 1. The second kappa shape index (κ2) is 13.3. The topological polar surface area (TPSA) is 69.2 Å². The summed E-state index contributed by atoms with van der Waals surface area (Å²) in [5.41, 5.74) is 4.90. The highest BCUT2D eigenvalue weighted by molar-refractivity contribution is 14.1. The number of carbonyl (C=O) groups is 1. The van der Waals surface area contributed by atoms with Crippen molar-refractivity contribution < 1.29 is 19.0 Å². The summed E-state index contributed by atoms with van der Waals surface area (Å²) < 4.78 is 19.3. The number of ether oxygens (including phenoxy) is 3. The van der Waals surface area contributed by atoms with Crippen LogP contribution in [0.15, 0.2) is 70.2 Å². The Morgan fingerprint density at radius 3 is 2.44 bits per heavy atom. The van der Waals surface area contributed by atoms with Gasteiger partial charge >= 0.3 is 0 Å². The minimum absolute atomic E-state index is 0.299. The fourth-order valence-corrected chi connectivity index (χ4v) is 4.00. The van der Waals surface area contributed by atoms with Crippen molar-refractivity contribution in [2.75, 3.05) is 13.2 Å². The van der Waals surface area contributed by atoms with Crippen LogP contribution in [0.3, 0.4) is 0 Å². The van der Waals surface area contributed by atoms with Crippen LogP contribution in [0.2, 0.25) is 0 Å².